The zero-order valence-corrected chi connectivity index (χ0v) is 9.91. The summed E-state index contributed by atoms with van der Waals surface area (Å²) >= 11 is 0. The zero-order valence-electron chi connectivity index (χ0n) is 9.91. The minimum atomic E-state index is 0.745. The molecule has 0 amide bonds. The van der Waals surface area contributed by atoms with Gasteiger partial charge in [0.1, 0.15) is 0 Å². The first kappa shape index (κ1) is 11.4. The van der Waals surface area contributed by atoms with Crippen LogP contribution in [0.15, 0.2) is 18.3 Å². The van der Waals surface area contributed by atoms with Gasteiger partial charge in [-0.2, -0.15) is 0 Å². The Morgan fingerprint density at radius 1 is 1.44 bits per heavy atom. The number of nitrogens with zero attached hydrogens (tertiary/aromatic N) is 1. The van der Waals surface area contributed by atoms with E-state index in [0.29, 0.717) is 0 Å². The predicted octanol–water partition coefficient (Wildman–Crippen LogP) is 2.37. The maximum absolute atomic E-state index is 5.74. The Labute approximate surface area is 97.2 Å². The second-order valence-electron chi connectivity index (χ2n) is 4.49. The Morgan fingerprint density at radius 3 is 3.00 bits per heavy atom. The van der Waals surface area contributed by atoms with Crippen molar-refractivity contribution >= 4 is 0 Å². The van der Waals surface area contributed by atoms with E-state index in [1.54, 1.807) is 0 Å². The normalized spacial score (nSPS) is 16.6. The highest BCUT2D eigenvalue weighted by atomic mass is 16.5. The van der Waals surface area contributed by atoms with Gasteiger partial charge in [0.15, 0.2) is 0 Å². The molecule has 2 rings (SSSR count). The average molecular weight is 220 g/mol. The lowest BCUT2D eigenvalue weighted by atomic mass is 10.1. The number of ether oxygens (including phenoxy) is 1. The van der Waals surface area contributed by atoms with E-state index in [-0.39, 0.29) is 0 Å². The van der Waals surface area contributed by atoms with Crippen molar-refractivity contribution in [2.75, 3.05) is 13.7 Å². The van der Waals surface area contributed by atoms with Gasteiger partial charge in [-0.25, -0.2) is 4.98 Å². The van der Waals surface area contributed by atoms with E-state index >= 15 is 0 Å². The SMILES string of the molecule is CNCc1ccnc(OCC2CCCC2)c1. The molecule has 0 atom stereocenters. The molecule has 1 aromatic heterocycles. The molecule has 1 aromatic rings. The van der Waals surface area contributed by atoms with Gasteiger partial charge < -0.3 is 10.1 Å². The van der Waals surface area contributed by atoms with E-state index in [0.717, 1.165) is 24.9 Å². The summed E-state index contributed by atoms with van der Waals surface area (Å²) in [5.74, 6) is 1.51. The van der Waals surface area contributed by atoms with E-state index in [1.165, 1.54) is 31.2 Å². The standard InChI is InChI=1S/C13H20N2O/c1-14-9-12-6-7-15-13(8-12)16-10-11-4-2-3-5-11/h6-8,11,14H,2-5,9-10H2,1H3. The van der Waals surface area contributed by atoms with Gasteiger partial charge >= 0.3 is 0 Å². The van der Waals surface area contributed by atoms with Gasteiger partial charge in [0.05, 0.1) is 6.61 Å². The topological polar surface area (TPSA) is 34.2 Å². The molecular formula is C13H20N2O. The van der Waals surface area contributed by atoms with Gasteiger partial charge in [-0.3, -0.25) is 0 Å². The van der Waals surface area contributed by atoms with Gasteiger partial charge in [0, 0.05) is 18.8 Å². The summed E-state index contributed by atoms with van der Waals surface area (Å²) in [4.78, 5) is 4.23. The monoisotopic (exact) mass is 220 g/mol. The third-order valence-corrected chi connectivity index (χ3v) is 3.12. The van der Waals surface area contributed by atoms with Crippen LogP contribution in [0.1, 0.15) is 31.2 Å². The molecule has 0 saturated heterocycles. The molecule has 0 aliphatic heterocycles. The van der Waals surface area contributed by atoms with Crippen LogP contribution < -0.4 is 10.1 Å². The lowest BCUT2D eigenvalue weighted by molar-refractivity contribution is 0.243. The van der Waals surface area contributed by atoms with Crippen molar-refractivity contribution in [2.24, 2.45) is 5.92 Å². The van der Waals surface area contributed by atoms with E-state index in [1.807, 2.05) is 25.4 Å². The van der Waals surface area contributed by atoms with E-state index in [2.05, 4.69) is 10.3 Å². The van der Waals surface area contributed by atoms with Crippen molar-refractivity contribution in [1.82, 2.24) is 10.3 Å². The molecular weight excluding hydrogens is 200 g/mol. The first-order valence-electron chi connectivity index (χ1n) is 6.11. The van der Waals surface area contributed by atoms with Crippen LogP contribution in [0, 0.1) is 5.92 Å². The van der Waals surface area contributed by atoms with Crippen molar-refractivity contribution in [3.8, 4) is 5.88 Å². The molecule has 1 aliphatic rings. The fourth-order valence-corrected chi connectivity index (χ4v) is 2.22. The maximum atomic E-state index is 5.74. The molecule has 0 spiro atoms. The molecule has 3 nitrogen and oxygen atoms in total. The Kier molecular flexibility index (Phi) is 4.17. The predicted molar refractivity (Wildman–Crippen MR) is 64.5 cm³/mol. The van der Waals surface area contributed by atoms with Crippen molar-refractivity contribution < 1.29 is 4.74 Å². The van der Waals surface area contributed by atoms with Crippen LogP contribution in [0.4, 0.5) is 0 Å². The van der Waals surface area contributed by atoms with Gasteiger partial charge in [-0.1, -0.05) is 12.8 Å². The highest BCUT2D eigenvalue weighted by Crippen LogP contribution is 2.25. The number of pyridine rings is 1. The third-order valence-electron chi connectivity index (χ3n) is 3.12. The molecule has 0 radical (unpaired) electrons. The minimum Gasteiger partial charge on any atom is -0.477 e. The third kappa shape index (κ3) is 3.20. The molecule has 3 heteroatoms. The first-order chi connectivity index (χ1) is 7.88. The molecule has 88 valence electrons. The summed E-state index contributed by atoms with van der Waals surface area (Å²) in [6.45, 7) is 1.69. The van der Waals surface area contributed by atoms with Crippen LogP contribution in [-0.4, -0.2) is 18.6 Å². The van der Waals surface area contributed by atoms with Gasteiger partial charge in [0.25, 0.3) is 0 Å². The highest BCUT2D eigenvalue weighted by molar-refractivity contribution is 5.20. The van der Waals surface area contributed by atoms with Crippen LogP contribution in [0.25, 0.3) is 0 Å². The summed E-state index contributed by atoms with van der Waals surface area (Å²) in [6, 6.07) is 4.03. The quantitative estimate of drug-likeness (QED) is 0.827. The molecule has 1 fully saturated rings. The lowest BCUT2D eigenvalue weighted by Gasteiger charge is -2.11. The Bertz CT molecular complexity index is 321. The summed E-state index contributed by atoms with van der Waals surface area (Å²) in [5, 5.41) is 3.13. The summed E-state index contributed by atoms with van der Waals surface area (Å²) in [6.07, 6.45) is 7.17. The van der Waals surface area contributed by atoms with Crippen molar-refractivity contribution in [3.05, 3.63) is 23.9 Å². The number of hydrogen-bond acceptors (Lipinski definition) is 3. The minimum absolute atomic E-state index is 0.745. The first-order valence-corrected chi connectivity index (χ1v) is 6.11. The molecule has 1 saturated carbocycles. The second kappa shape index (κ2) is 5.85. The van der Waals surface area contributed by atoms with E-state index < -0.39 is 0 Å². The smallest absolute Gasteiger partial charge is 0.213 e. The Balaban J connectivity index is 1.85. The molecule has 1 heterocycles. The van der Waals surface area contributed by atoms with E-state index in [4.69, 9.17) is 4.74 Å². The van der Waals surface area contributed by atoms with Gasteiger partial charge in [-0.05, 0) is 37.4 Å². The molecule has 0 bridgehead atoms. The number of aromatic nitrogens is 1. The lowest BCUT2D eigenvalue weighted by Crippen LogP contribution is -2.10. The molecule has 0 aromatic carbocycles. The fraction of sp³-hybridized carbons (Fsp3) is 0.615. The zero-order chi connectivity index (χ0) is 11.2. The summed E-state index contributed by atoms with van der Waals surface area (Å²) in [7, 11) is 1.94. The highest BCUT2D eigenvalue weighted by Gasteiger charge is 2.15. The van der Waals surface area contributed by atoms with Crippen LogP contribution in [0.3, 0.4) is 0 Å². The van der Waals surface area contributed by atoms with Gasteiger partial charge in [-0.15, -0.1) is 0 Å². The van der Waals surface area contributed by atoms with Crippen LogP contribution in [-0.2, 0) is 6.54 Å². The summed E-state index contributed by atoms with van der Waals surface area (Å²) in [5.41, 5.74) is 1.22. The van der Waals surface area contributed by atoms with Crippen molar-refractivity contribution in [3.63, 3.8) is 0 Å². The van der Waals surface area contributed by atoms with Crippen molar-refractivity contribution in [1.29, 1.82) is 0 Å². The Morgan fingerprint density at radius 2 is 2.25 bits per heavy atom. The molecule has 0 unspecified atom stereocenters. The van der Waals surface area contributed by atoms with E-state index in [9.17, 15) is 0 Å². The number of nitrogens with one attached hydrogen (secondary N) is 1. The van der Waals surface area contributed by atoms with Crippen molar-refractivity contribution in [2.45, 2.75) is 32.2 Å². The van der Waals surface area contributed by atoms with Crippen LogP contribution in [0.5, 0.6) is 5.88 Å². The van der Waals surface area contributed by atoms with Crippen LogP contribution in [0.2, 0.25) is 0 Å². The number of hydrogen-bond donors (Lipinski definition) is 1. The second-order valence-corrected chi connectivity index (χ2v) is 4.49. The molecule has 16 heavy (non-hydrogen) atoms. The van der Waals surface area contributed by atoms with Gasteiger partial charge in [0.2, 0.25) is 5.88 Å². The maximum Gasteiger partial charge on any atom is 0.213 e. The largest absolute Gasteiger partial charge is 0.477 e. The molecule has 1 aliphatic carbocycles. The fourth-order valence-electron chi connectivity index (χ4n) is 2.22. The average Bonchev–Trinajstić information content (AvgIpc) is 2.80. The summed E-state index contributed by atoms with van der Waals surface area (Å²) < 4.78 is 5.74. The molecule has 1 N–H and O–H groups in total. The van der Waals surface area contributed by atoms with Crippen LogP contribution >= 0.6 is 0 Å². The Hall–Kier alpha value is -1.09. The number of rotatable bonds is 5.